The van der Waals surface area contributed by atoms with Crippen molar-refractivity contribution in [3.05, 3.63) is 29.3 Å². The molecule has 0 aliphatic carbocycles. The van der Waals surface area contributed by atoms with E-state index in [0.29, 0.717) is 5.56 Å². The summed E-state index contributed by atoms with van der Waals surface area (Å²) in [6.07, 6.45) is 0.0305. The van der Waals surface area contributed by atoms with Crippen molar-refractivity contribution in [2.24, 2.45) is 5.73 Å². The highest BCUT2D eigenvalue weighted by atomic mass is 16.4. The number of nitrogens with two attached hydrogens (primary N) is 1. The van der Waals surface area contributed by atoms with Gasteiger partial charge in [0.15, 0.2) is 0 Å². The summed E-state index contributed by atoms with van der Waals surface area (Å²) in [6.45, 7) is 0. The van der Waals surface area contributed by atoms with Crippen molar-refractivity contribution in [3.8, 4) is 5.75 Å². The van der Waals surface area contributed by atoms with Gasteiger partial charge in [-0.2, -0.15) is 0 Å². The first kappa shape index (κ1) is 12.0. The van der Waals surface area contributed by atoms with Gasteiger partial charge in [0.2, 0.25) is 0 Å². The minimum absolute atomic E-state index is 0.0305. The largest absolute Gasteiger partial charge is 0.507 e. The Labute approximate surface area is 90.9 Å². The Morgan fingerprint density at radius 3 is 2.38 bits per heavy atom. The van der Waals surface area contributed by atoms with Crippen LogP contribution in [0.15, 0.2) is 18.2 Å². The number of hydrogen-bond acceptors (Lipinski definition) is 4. The van der Waals surface area contributed by atoms with Crippen LogP contribution in [0.4, 0.5) is 0 Å². The smallest absolute Gasteiger partial charge is 0.339 e. The number of rotatable bonds is 4. The molecule has 1 rings (SSSR count). The lowest BCUT2D eigenvalue weighted by atomic mass is 10.0. The van der Waals surface area contributed by atoms with E-state index < -0.39 is 23.7 Å². The number of benzene rings is 1. The number of aliphatic carboxylic acids is 1. The molecule has 86 valence electrons. The monoisotopic (exact) mass is 225 g/mol. The van der Waals surface area contributed by atoms with Gasteiger partial charge in [-0.1, -0.05) is 6.07 Å². The van der Waals surface area contributed by atoms with Gasteiger partial charge in [0.05, 0.1) is 0 Å². The topological polar surface area (TPSA) is 121 Å². The Kier molecular flexibility index (Phi) is 3.47. The molecule has 1 atom stereocenters. The van der Waals surface area contributed by atoms with E-state index >= 15 is 0 Å². The molecule has 0 amide bonds. The molecule has 0 radical (unpaired) electrons. The van der Waals surface area contributed by atoms with Crippen LogP contribution in [-0.4, -0.2) is 33.3 Å². The Hall–Kier alpha value is -2.08. The summed E-state index contributed by atoms with van der Waals surface area (Å²) in [5.41, 5.74) is 5.54. The van der Waals surface area contributed by atoms with Crippen LogP contribution in [-0.2, 0) is 11.2 Å². The van der Waals surface area contributed by atoms with Crippen molar-refractivity contribution in [2.45, 2.75) is 12.5 Å². The number of carboxylic acids is 2. The van der Waals surface area contributed by atoms with Gasteiger partial charge in [-0.05, 0) is 24.1 Å². The molecular weight excluding hydrogens is 214 g/mol. The fourth-order valence-electron chi connectivity index (χ4n) is 1.23. The zero-order valence-corrected chi connectivity index (χ0v) is 8.25. The van der Waals surface area contributed by atoms with Gasteiger partial charge in [0, 0.05) is 0 Å². The van der Waals surface area contributed by atoms with Gasteiger partial charge < -0.3 is 21.1 Å². The summed E-state index contributed by atoms with van der Waals surface area (Å²) in [4.78, 5) is 21.1. The van der Waals surface area contributed by atoms with Crippen LogP contribution in [0, 0.1) is 0 Å². The second-order valence-electron chi connectivity index (χ2n) is 3.31. The fraction of sp³-hybridized carbons (Fsp3) is 0.200. The molecule has 0 unspecified atom stereocenters. The van der Waals surface area contributed by atoms with Crippen LogP contribution in [0.2, 0.25) is 0 Å². The maximum absolute atomic E-state index is 10.6. The average molecular weight is 225 g/mol. The van der Waals surface area contributed by atoms with Crippen molar-refractivity contribution < 1.29 is 24.9 Å². The lowest BCUT2D eigenvalue weighted by molar-refractivity contribution is -0.138. The Bertz CT molecular complexity index is 429. The molecule has 0 saturated carbocycles. The maximum Gasteiger partial charge on any atom is 0.339 e. The Morgan fingerprint density at radius 2 is 1.94 bits per heavy atom. The van der Waals surface area contributed by atoms with Crippen LogP contribution in [0.5, 0.6) is 5.75 Å². The summed E-state index contributed by atoms with van der Waals surface area (Å²) in [5, 5.41) is 26.6. The van der Waals surface area contributed by atoms with Crippen LogP contribution in [0.1, 0.15) is 15.9 Å². The molecule has 0 bridgehead atoms. The highest BCUT2D eigenvalue weighted by Gasteiger charge is 2.14. The molecule has 5 N–H and O–H groups in total. The first-order valence-corrected chi connectivity index (χ1v) is 4.45. The third kappa shape index (κ3) is 2.71. The molecule has 0 saturated heterocycles. The number of carboxylic acid groups (broad SMARTS) is 2. The molecule has 1 aromatic rings. The van der Waals surface area contributed by atoms with Gasteiger partial charge in [0.1, 0.15) is 17.4 Å². The van der Waals surface area contributed by atoms with E-state index in [2.05, 4.69) is 0 Å². The fourth-order valence-corrected chi connectivity index (χ4v) is 1.23. The highest BCUT2D eigenvalue weighted by Crippen LogP contribution is 2.19. The van der Waals surface area contributed by atoms with Crippen LogP contribution >= 0.6 is 0 Å². The molecule has 16 heavy (non-hydrogen) atoms. The number of aromatic carboxylic acids is 1. The predicted molar refractivity (Wildman–Crippen MR) is 54.4 cm³/mol. The van der Waals surface area contributed by atoms with Crippen LogP contribution < -0.4 is 5.73 Å². The number of carbonyl (C=O) groups is 2. The summed E-state index contributed by atoms with van der Waals surface area (Å²) < 4.78 is 0. The molecule has 0 heterocycles. The minimum Gasteiger partial charge on any atom is -0.507 e. The first-order chi connectivity index (χ1) is 7.41. The average Bonchev–Trinajstić information content (AvgIpc) is 2.16. The third-order valence-corrected chi connectivity index (χ3v) is 2.07. The van der Waals surface area contributed by atoms with Crippen molar-refractivity contribution in [2.75, 3.05) is 0 Å². The van der Waals surface area contributed by atoms with E-state index in [1.54, 1.807) is 0 Å². The number of phenols is 1. The minimum atomic E-state index is -1.24. The molecular formula is C10H11NO5. The summed E-state index contributed by atoms with van der Waals surface area (Å²) in [6, 6.07) is 2.76. The van der Waals surface area contributed by atoms with Gasteiger partial charge in [-0.25, -0.2) is 4.79 Å². The van der Waals surface area contributed by atoms with E-state index in [0.717, 1.165) is 0 Å². The molecule has 6 heteroatoms. The SMILES string of the molecule is N[C@@H](Cc1ccc(C(=O)O)c(O)c1)C(=O)O. The van der Waals surface area contributed by atoms with E-state index in [1.807, 2.05) is 0 Å². The molecule has 1 aromatic carbocycles. The van der Waals surface area contributed by atoms with Gasteiger partial charge in [0.25, 0.3) is 0 Å². The quantitative estimate of drug-likeness (QED) is 0.574. The molecule has 6 nitrogen and oxygen atoms in total. The second kappa shape index (κ2) is 4.63. The molecule has 0 aliphatic heterocycles. The van der Waals surface area contributed by atoms with Crippen molar-refractivity contribution in [1.82, 2.24) is 0 Å². The van der Waals surface area contributed by atoms with Gasteiger partial charge in [-0.3, -0.25) is 4.79 Å². The van der Waals surface area contributed by atoms with E-state index in [1.165, 1.54) is 18.2 Å². The van der Waals surface area contributed by atoms with Gasteiger partial charge >= 0.3 is 11.9 Å². The second-order valence-corrected chi connectivity index (χ2v) is 3.31. The Morgan fingerprint density at radius 1 is 1.31 bits per heavy atom. The summed E-state index contributed by atoms with van der Waals surface area (Å²) in [7, 11) is 0. The van der Waals surface area contributed by atoms with E-state index in [-0.39, 0.29) is 12.0 Å². The molecule has 0 aromatic heterocycles. The van der Waals surface area contributed by atoms with E-state index in [9.17, 15) is 14.7 Å². The van der Waals surface area contributed by atoms with Crippen molar-refractivity contribution >= 4 is 11.9 Å². The lowest BCUT2D eigenvalue weighted by Crippen LogP contribution is -2.32. The zero-order valence-electron chi connectivity index (χ0n) is 8.25. The van der Waals surface area contributed by atoms with Crippen molar-refractivity contribution in [3.63, 3.8) is 0 Å². The van der Waals surface area contributed by atoms with E-state index in [4.69, 9.17) is 15.9 Å². The molecule has 0 spiro atoms. The summed E-state index contributed by atoms with van der Waals surface area (Å²) >= 11 is 0. The first-order valence-electron chi connectivity index (χ1n) is 4.45. The number of aromatic hydroxyl groups is 1. The normalized spacial score (nSPS) is 12.1. The molecule has 0 aliphatic rings. The summed E-state index contributed by atoms with van der Waals surface area (Å²) in [5.74, 6) is -2.80. The molecule has 0 fully saturated rings. The van der Waals surface area contributed by atoms with Crippen LogP contribution in [0.3, 0.4) is 0 Å². The highest BCUT2D eigenvalue weighted by molar-refractivity contribution is 5.90. The lowest BCUT2D eigenvalue weighted by Gasteiger charge is -2.07. The predicted octanol–water partition coefficient (Wildman–Crippen LogP) is 0.0448. The zero-order chi connectivity index (χ0) is 12.3. The van der Waals surface area contributed by atoms with Crippen molar-refractivity contribution in [1.29, 1.82) is 0 Å². The van der Waals surface area contributed by atoms with Crippen LogP contribution in [0.25, 0.3) is 0 Å². The maximum atomic E-state index is 10.6. The standard InChI is InChI=1S/C10H11NO5/c11-7(10(15)16)3-5-1-2-6(9(13)14)8(12)4-5/h1-2,4,7,12H,3,11H2,(H,13,14)(H,15,16)/t7-/m0/s1. The number of hydrogen-bond donors (Lipinski definition) is 4. The van der Waals surface area contributed by atoms with Gasteiger partial charge in [-0.15, -0.1) is 0 Å². The Balaban J connectivity index is 2.89. The third-order valence-electron chi connectivity index (χ3n) is 2.07.